The van der Waals surface area contributed by atoms with E-state index in [1.807, 2.05) is 30.3 Å². The fraction of sp³-hybridized carbons (Fsp3) is 0.211. The molecule has 0 atom stereocenters. The van der Waals surface area contributed by atoms with Crippen molar-refractivity contribution < 1.29 is 18.0 Å². The van der Waals surface area contributed by atoms with Gasteiger partial charge in [-0.3, -0.25) is 9.36 Å². The molecular weight excluding hydrogens is 373 g/mol. The van der Waals surface area contributed by atoms with Crippen LogP contribution in [0.15, 0.2) is 59.4 Å². The van der Waals surface area contributed by atoms with Crippen LogP contribution >= 0.6 is 0 Å². The second-order valence-electron chi connectivity index (χ2n) is 6.09. The van der Waals surface area contributed by atoms with Crippen molar-refractivity contribution in [2.75, 3.05) is 6.54 Å². The molecule has 1 N–H and O–H groups in total. The van der Waals surface area contributed by atoms with Gasteiger partial charge in [-0.25, -0.2) is 9.48 Å². The van der Waals surface area contributed by atoms with Crippen molar-refractivity contribution in [1.82, 2.24) is 19.7 Å². The number of alkyl halides is 3. The van der Waals surface area contributed by atoms with Crippen molar-refractivity contribution in [3.63, 3.8) is 0 Å². The lowest BCUT2D eigenvalue weighted by Crippen LogP contribution is -2.31. The minimum atomic E-state index is -4.45. The Hall–Kier alpha value is -3.36. The van der Waals surface area contributed by atoms with E-state index in [2.05, 4.69) is 10.4 Å². The highest BCUT2D eigenvalue weighted by atomic mass is 19.4. The zero-order valence-corrected chi connectivity index (χ0v) is 14.9. The van der Waals surface area contributed by atoms with E-state index in [1.165, 1.54) is 9.25 Å². The van der Waals surface area contributed by atoms with Crippen molar-refractivity contribution in [2.24, 2.45) is 7.05 Å². The first-order valence-electron chi connectivity index (χ1n) is 8.42. The number of carbonyl (C=O) groups is 1. The van der Waals surface area contributed by atoms with Gasteiger partial charge in [0.15, 0.2) is 5.82 Å². The zero-order valence-electron chi connectivity index (χ0n) is 14.9. The van der Waals surface area contributed by atoms with E-state index in [-0.39, 0.29) is 24.3 Å². The Bertz CT molecular complexity index is 1020. The summed E-state index contributed by atoms with van der Waals surface area (Å²) < 4.78 is 40.3. The van der Waals surface area contributed by atoms with E-state index in [4.69, 9.17) is 0 Å². The molecule has 9 heteroatoms. The van der Waals surface area contributed by atoms with E-state index in [1.54, 1.807) is 7.05 Å². The third-order valence-electron chi connectivity index (χ3n) is 4.16. The van der Waals surface area contributed by atoms with Gasteiger partial charge >= 0.3 is 11.9 Å². The van der Waals surface area contributed by atoms with E-state index in [0.717, 1.165) is 29.8 Å². The number of aromatic nitrogens is 3. The van der Waals surface area contributed by atoms with Gasteiger partial charge in [-0.2, -0.15) is 13.2 Å². The topological polar surface area (TPSA) is 68.9 Å². The quantitative estimate of drug-likeness (QED) is 0.728. The number of carbonyl (C=O) groups excluding carboxylic acids is 1. The van der Waals surface area contributed by atoms with E-state index in [0.29, 0.717) is 5.82 Å². The molecule has 0 aliphatic rings. The summed E-state index contributed by atoms with van der Waals surface area (Å²) in [6, 6.07) is 13.1. The van der Waals surface area contributed by atoms with Crippen LogP contribution < -0.4 is 11.0 Å². The molecule has 0 saturated carbocycles. The van der Waals surface area contributed by atoms with Crippen molar-refractivity contribution in [3.8, 4) is 11.4 Å². The largest absolute Gasteiger partial charge is 0.416 e. The predicted octanol–water partition coefficient (Wildman–Crippen LogP) is 2.70. The monoisotopic (exact) mass is 390 g/mol. The highest BCUT2D eigenvalue weighted by Gasteiger charge is 2.30. The summed E-state index contributed by atoms with van der Waals surface area (Å²) in [5.74, 6) is -0.0272. The number of nitrogens with one attached hydrogen (secondary N) is 1. The molecular formula is C19H17F3N4O2. The molecule has 0 aliphatic carbocycles. The first-order chi connectivity index (χ1) is 13.3. The molecule has 0 saturated heterocycles. The van der Waals surface area contributed by atoms with Crippen LogP contribution in [0.5, 0.6) is 0 Å². The van der Waals surface area contributed by atoms with Crippen molar-refractivity contribution in [3.05, 3.63) is 76.2 Å². The number of benzene rings is 2. The lowest BCUT2D eigenvalue weighted by molar-refractivity contribution is -0.137. The molecule has 0 aliphatic heterocycles. The normalized spacial score (nSPS) is 11.4. The highest BCUT2D eigenvalue weighted by Crippen LogP contribution is 2.29. The predicted molar refractivity (Wildman–Crippen MR) is 96.7 cm³/mol. The Morgan fingerprint density at radius 2 is 1.71 bits per heavy atom. The van der Waals surface area contributed by atoms with Gasteiger partial charge in [0.1, 0.15) is 0 Å². The third-order valence-corrected chi connectivity index (χ3v) is 4.16. The molecule has 3 rings (SSSR count). The van der Waals surface area contributed by atoms with Gasteiger partial charge < -0.3 is 5.32 Å². The summed E-state index contributed by atoms with van der Waals surface area (Å²) >= 11 is 0. The number of hydrogen-bond donors (Lipinski definition) is 1. The molecule has 3 aromatic rings. The SMILES string of the molecule is Cn1c(-c2ccccc2)nn(CCNC(=O)c2ccc(C(F)(F)F)cc2)c1=O. The van der Waals surface area contributed by atoms with Gasteiger partial charge in [-0.15, -0.1) is 5.10 Å². The van der Waals surface area contributed by atoms with E-state index < -0.39 is 17.6 Å². The second-order valence-corrected chi connectivity index (χ2v) is 6.09. The lowest BCUT2D eigenvalue weighted by atomic mass is 10.1. The fourth-order valence-electron chi connectivity index (χ4n) is 2.66. The summed E-state index contributed by atoms with van der Waals surface area (Å²) in [6.45, 7) is 0.233. The summed E-state index contributed by atoms with van der Waals surface area (Å²) in [5.41, 5.74) is -0.263. The maximum absolute atomic E-state index is 12.6. The Kier molecular flexibility index (Phi) is 5.34. The minimum Gasteiger partial charge on any atom is -0.350 e. The lowest BCUT2D eigenvalue weighted by Gasteiger charge is -2.08. The average molecular weight is 390 g/mol. The first kappa shape index (κ1) is 19.4. The molecule has 0 unspecified atom stereocenters. The Morgan fingerprint density at radius 3 is 2.32 bits per heavy atom. The molecule has 6 nitrogen and oxygen atoms in total. The smallest absolute Gasteiger partial charge is 0.350 e. The zero-order chi connectivity index (χ0) is 20.3. The van der Waals surface area contributed by atoms with Gasteiger partial charge in [0, 0.05) is 24.7 Å². The molecule has 0 radical (unpaired) electrons. The van der Waals surface area contributed by atoms with Gasteiger partial charge in [0.25, 0.3) is 5.91 Å². The fourth-order valence-corrected chi connectivity index (χ4v) is 2.66. The maximum Gasteiger partial charge on any atom is 0.416 e. The van der Waals surface area contributed by atoms with Gasteiger partial charge in [0.05, 0.1) is 12.1 Å². The molecule has 2 aromatic carbocycles. The van der Waals surface area contributed by atoms with Crippen LogP contribution in [0.2, 0.25) is 0 Å². The molecule has 1 amide bonds. The highest BCUT2D eigenvalue weighted by molar-refractivity contribution is 5.94. The Labute approximate surface area is 158 Å². The van der Waals surface area contributed by atoms with Gasteiger partial charge in [0.2, 0.25) is 0 Å². The van der Waals surface area contributed by atoms with Crippen molar-refractivity contribution in [1.29, 1.82) is 0 Å². The second kappa shape index (κ2) is 7.71. The summed E-state index contributed by atoms with van der Waals surface area (Å²) in [5, 5.41) is 6.85. The first-order valence-corrected chi connectivity index (χ1v) is 8.42. The number of amides is 1. The van der Waals surface area contributed by atoms with Crippen molar-refractivity contribution >= 4 is 5.91 Å². The van der Waals surface area contributed by atoms with Crippen molar-refractivity contribution in [2.45, 2.75) is 12.7 Å². The van der Waals surface area contributed by atoms with Crippen LogP contribution in [0.4, 0.5) is 13.2 Å². The van der Waals surface area contributed by atoms with Crippen LogP contribution in [0.25, 0.3) is 11.4 Å². The van der Waals surface area contributed by atoms with Crippen LogP contribution in [0, 0.1) is 0 Å². The van der Waals surface area contributed by atoms with E-state index >= 15 is 0 Å². The van der Waals surface area contributed by atoms with Crippen LogP contribution in [-0.4, -0.2) is 26.8 Å². The van der Waals surface area contributed by atoms with Crippen LogP contribution in [0.3, 0.4) is 0 Å². The number of halogens is 3. The number of hydrogen-bond acceptors (Lipinski definition) is 3. The molecule has 1 aromatic heterocycles. The van der Waals surface area contributed by atoms with Crippen LogP contribution in [0.1, 0.15) is 15.9 Å². The summed E-state index contributed by atoms with van der Waals surface area (Å²) in [7, 11) is 1.61. The Balaban J connectivity index is 1.64. The van der Waals surface area contributed by atoms with E-state index in [9.17, 15) is 22.8 Å². The number of rotatable bonds is 5. The van der Waals surface area contributed by atoms with Gasteiger partial charge in [-0.05, 0) is 24.3 Å². The Morgan fingerprint density at radius 1 is 1.07 bits per heavy atom. The summed E-state index contributed by atoms with van der Waals surface area (Å²) in [6.07, 6.45) is -4.45. The van der Waals surface area contributed by atoms with Crippen LogP contribution in [-0.2, 0) is 19.8 Å². The number of nitrogens with zero attached hydrogens (tertiary/aromatic N) is 3. The third kappa shape index (κ3) is 4.13. The molecule has 0 fully saturated rings. The summed E-state index contributed by atoms with van der Waals surface area (Å²) in [4.78, 5) is 24.4. The molecule has 28 heavy (non-hydrogen) atoms. The molecule has 0 bridgehead atoms. The maximum atomic E-state index is 12.6. The molecule has 1 heterocycles. The molecule has 0 spiro atoms. The average Bonchev–Trinajstić information content (AvgIpc) is 2.96. The standard InChI is InChI=1S/C19H17F3N4O2/c1-25-16(13-5-3-2-4-6-13)24-26(18(25)28)12-11-23-17(27)14-7-9-15(10-8-14)19(20,21)22/h2-10H,11-12H2,1H3,(H,23,27). The minimum absolute atomic E-state index is 0.102. The molecule has 146 valence electrons. The van der Waals surface area contributed by atoms with Gasteiger partial charge in [-0.1, -0.05) is 30.3 Å².